The Bertz CT molecular complexity index is 695. The average Bonchev–Trinajstić information content (AvgIpc) is 3.21. The number of nitrogens with one attached hydrogen (secondary N) is 1. The van der Waals surface area contributed by atoms with E-state index in [2.05, 4.69) is 22.1 Å². The number of carbonyl (C=O) groups excluding carboxylic acids is 1. The van der Waals surface area contributed by atoms with Crippen LogP contribution in [0, 0.1) is 0 Å². The Morgan fingerprint density at radius 3 is 2.38 bits per heavy atom. The van der Waals surface area contributed by atoms with Gasteiger partial charge in [-0.3, -0.25) is 4.79 Å². The third-order valence-electron chi connectivity index (χ3n) is 4.13. The monoisotopic (exact) mass is 355 g/mol. The van der Waals surface area contributed by atoms with E-state index in [1.54, 1.807) is 18.3 Å². The van der Waals surface area contributed by atoms with Crippen molar-refractivity contribution in [3.63, 3.8) is 0 Å². The molecule has 0 unspecified atom stereocenters. The van der Waals surface area contributed by atoms with Gasteiger partial charge in [0.2, 0.25) is 0 Å². The minimum atomic E-state index is -0.216. The maximum atomic E-state index is 12.0. The summed E-state index contributed by atoms with van der Waals surface area (Å²) in [6.07, 6.45) is 5.07. The SMILES string of the molecule is CCCOc1ccc(OCC(=O)Nc2ccc(N3CCCC3)nc2)cc1. The normalized spacial score (nSPS) is 13.5. The molecule has 1 aromatic carbocycles. The van der Waals surface area contributed by atoms with E-state index < -0.39 is 0 Å². The van der Waals surface area contributed by atoms with Gasteiger partial charge in [0.15, 0.2) is 6.61 Å². The number of benzene rings is 1. The van der Waals surface area contributed by atoms with E-state index in [9.17, 15) is 4.79 Å². The molecule has 138 valence electrons. The summed E-state index contributed by atoms with van der Waals surface area (Å²) in [5.41, 5.74) is 0.671. The molecule has 0 radical (unpaired) electrons. The molecular weight excluding hydrogens is 330 g/mol. The van der Waals surface area contributed by atoms with Gasteiger partial charge >= 0.3 is 0 Å². The third-order valence-corrected chi connectivity index (χ3v) is 4.13. The zero-order valence-corrected chi connectivity index (χ0v) is 15.1. The molecule has 2 heterocycles. The molecule has 1 aliphatic rings. The number of hydrogen-bond donors (Lipinski definition) is 1. The smallest absolute Gasteiger partial charge is 0.262 e. The lowest BCUT2D eigenvalue weighted by Gasteiger charge is -2.16. The van der Waals surface area contributed by atoms with Crippen LogP contribution in [0.3, 0.4) is 0 Å². The molecule has 6 heteroatoms. The molecule has 1 aromatic heterocycles. The van der Waals surface area contributed by atoms with Gasteiger partial charge in [-0.25, -0.2) is 4.98 Å². The predicted molar refractivity (Wildman–Crippen MR) is 102 cm³/mol. The Hall–Kier alpha value is -2.76. The van der Waals surface area contributed by atoms with Crippen molar-refractivity contribution < 1.29 is 14.3 Å². The maximum absolute atomic E-state index is 12.0. The molecule has 1 aliphatic heterocycles. The van der Waals surface area contributed by atoms with Crippen LogP contribution in [0.2, 0.25) is 0 Å². The Kier molecular flexibility index (Phi) is 6.30. The van der Waals surface area contributed by atoms with Crippen molar-refractivity contribution in [2.75, 3.05) is 36.5 Å². The fourth-order valence-corrected chi connectivity index (χ4v) is 2.79. The molecule has 0 aliphatic carbocycles. The van der Waals surface area contributed by atoms with Crippen LogP contribution in [0.5, 0.6) is 11.5 Å². The molecule has 1 amide bonds. The van der Waals surface area contributed by atoms with Crippen molar-refractivity contribution in [1.82, 2.24) is 4.98 Å². The van der Waals surface area contributed by atoms with Crippen LogP contribution in [0.1, 0.15) is 26.2 Å². The summed E-state index contributed by atoms with van der Waals surface area (Å²) in [5, 5.41) is 2.80. The highest BCUT2D eigenvalue weighted by molar-refractivity contribution is 5.91. The van der Waals surface area contributed by atoms with E-state index in [1.807, 2.05) is 24.3 Å². The van der Waals surface area contributed by atoms with E-state index in [4.69, 9.17) is 9.47 Å². The highest BCUT2D eigenvalue weighted by Gasteiger charge is 2.13. The topological polar surface area (TPSA) is 63.7 Å². The number of ether oxygens (including phenoxy) is 2. The van der Waals surface area contributed by atoms with Crippen LogP contribution >= 0.6 is 0 Å². The molecule has 0 spiro atoms. The number of rotatable bonds is 8. The minimum Gasteiger partial charge on any atom is -0.494 e. The first-order valence-electron chi connectivity index (χ1n) is 9.11. The second kappa shape index (κ2) is 9.08. The largest absolute Gasteiger partial charge is 0.494 e. The lowest BCUT2D eigenvalue weighted by molar-refractivity contribution is -0.118. The van der Waals surface area contributed by atoms with E-state index in [0.29, 0.717) is 18.0 Å². The summed E-state index contributed by atoms with van der Waals surface area (Å²) in [7, 11) is 0. The number of nitrogens with zero attached hydrogens (tertiary/aromatic N) is 2. The van der Waals surface area contributed by atoms with Crippen molar-refractivity contribution in [3.8, 4) is 11.5 Å². The first-order chi connectivity index (χ1) is 12.7. The fourth-order valence-electron chi connectivity index (χ4n) is 2.79. The Morgan fingerprint density at radius 1 is 1.08 bits per heavy atom. The van der Waals surface area contributed by atoms with Crippen molar-refractivity contribution in [1.29, 1.82) is 0 Å². The van der Waals surface area contributed by atoms with Gasteiger partial charge in [-0.15, -0.1) is 0 Å². The lowest BCUT2D eigenvalue weighted by atomic mass is 10.3. The summed E-state index contributed by atoms with van der Waals surface area (Å²) < 4.78 is 11.0. The number of pyridine rings is 1. The summed E-state index contributed by atoms with van der Waals surface area (Å²) in [4.78, 5) is 18.7. The number of carbonyl (C=O) groups is 1. The standard InChI is InChI=1S/C20H25N3O3/c1-2-13-25-17-6-8-18(9-7-17)26-15-20(24)22-16-5-10-19(21-14-16)23-11-3-4-12-23/h5-10,14H,2-4,11-13,15H2,1H3,(H,22,24). The molecule has 1 fully saturated rings. The number of aromatic nitrogens is 1. The zero-order chi connectivity index (χ0) is 18.2. The minimum absolute atomic E-state index is 0.0525. The van der Waals surface area contributed by atoms with Crippen LogP contribution in [-0.4, -0.2) is 37.2 Å². The molecular formula is C20H25N3O3. The van der Waals surface area contributed by atoms with Gasteiger partial charge in [0.1, 0.15) is 17.3 Å². The Labute approximate surface area is 154 Å². The van der Waals surface area contributed by atoms with Gasteiger partial charge in [-0.1, -0.05) is 6.92 Å². The molecule has 0 saturated carbocycles. The van der Waals surface area contributed by atoms with Crippen LogP contribution in [0.15, 0.2) is 42.6 Å². The van der Waals surface area contributed by atoms with Gasteiger partial charge in [0, 0.05) is 13.1 Å². The van der Waals surface area contributed by atoms with Crippen molar-refractivity contribution in [2.24, 2.45) is 0 Å². The zero-order valence-electron chi connectivity index (χ0n) is 15.1. The Morgan fingerprint density at radius 2 is 1.77 bits per heavy atom. The molecule has 1 N–H and O–H groups in total. The molecule has 1 saturated heterocycles. The lowest BCUT2D eigenvalue weighted by Crippen LogP contribution is -2.21. The first-order valence-corrected chi connectivity index (χ1v) is 9.11. The van der Waals surface area contributed by atoms with Crippen LogP contribution < -0.4 is 19.7 Å². The van der Waals surface area contributed by atoms with Gasteiger partial charge in [-0.05, 0) is 55.7 Å². The van der Waals surface area contributed by atoms with Gasteiger partial charge in [-0.2, -0.15) is 0 Å². The Balaban J connectivity index is 1.44. The highest BCUT2D eigenvalue weighted by atomic mass is 16.5. The van der Waals surface area contributed by atoms with Crippen LogP contribution in [-0.2, 0) is 4.79 Å². The number of hydrogen-bond acceptors (Lipinski definition) is 5. The summed E-state index contributed by atoms with van der Waals surface area (Å²) in [6, 6.07) is 11.1. The van der Waals surface area contributed by atoms with Crippen molar-refractivity contribution >= 4 is 17.4 Å². The van der Waals surface area contributed by atoms with Crippen molar-refractivity contribution in [2.45, 2.75) is 26.2 Å². The van der Waals surface area contributed by atoms with Crippen LogP contribution in [0.4, 0.5) is 11.5 Å². The number of amides is 1. The van der Waals surface area contributed by atoms with Gasteiger partial charge < -0.3 is 19.7 Å². The van der Waals surface area contributed by atoms with Gasteiger partial charge in [0.05, 0.1) is 18.5 Å². The molecule has 0 atom stereocenters. The third kappa shape index (κ3) is 5.12. The maximum Gasteiger partial charge on any atom is 0.262 e. The average molecular weight is 355 g/mol. The van der Waals surface area contributed by atoms with Crippen LogP contribution in [0.25, 0.3) is 0 Å². The molecule has 6 nitrogen and oxygen atoms in total. The van der Waals surface area contributed by atoms with E-state index in [1.165, 1.54) is 12.8 Å². The second-order valence-corrected chi connectivity index (χ2v) is 6.26. The summed E-state index contributed by atoms with van der Waals surface area (Å²) >= 11 is 0. The molecule has 0 bridgehead atoms. The predicted octanol–water partition coefficient (Wildman–Crippen LogP) is 3.49. The number of anilines is 2. The van der Waals surface area contributed by atoms with E-state index >= 15 is 0 Å². The second-order valence-electron chi connectivity index (χ2n) is 6.26. The van der Waals surface area contributed by atoms with E-state index in [0.717, 1.165) is 31.1 Å². The molecule has 3 rings (SSSR count). The first kappa shape index (κ1) is 18.0. The van der Waals surface area contributed by atoms with E-state index in [-0.39, 0.29) is 12.5 Å². The fraction of sp³-hybridized carbons (Fsp3) is 0.400. The summed E-state index contributed by atoms with van der Waals surface area (Å²) in [6.45, 7) is 4.80. The molecule has 2 aromatic rings. The highest BCUT2D eigenvalue weighted by Crippen LogP contribution is 2.20. The van der Waals surface area contributed by atoms with Crippen molar-refractivity contribution in [3.05, 3.63) is 42.6 Å². The summed E-state index contributed by atoms with van der Waals surface area (Å²) in [5.74, 6) is 2.17. The van der Waals surface area contributed by atoms with Gasteiger partial charge in [0.25, 0.3) is 5.91 Å². The quantitative estimate of drug-likeness (QED) is 0.785. The molecule has 26 heavy (non-hydrogen) atoms.